The zero-order chi connectivity index (χ0) is 37.1. The molecule has 2 aliphatic rings. The van der Waals surface area contributed by atoms with Crippen LogP contribution in [0.4, 0.5) is 17.6 Å². The van der Waals surface area contributed by atoms with Gasteiger partial charge in [0.25, 0.3) is 5.91 Å². The Morgan fingerprint density at radius 2 is 1.52 bits per heavy atom. The summed E-state index contributed by atoms with van der Waals surface area (Å²) in [6.07, 6.45) is -4.53. The van der Waals surface area contributed by atoms with Gasteiger partial charge in [0.15, 0.2) is 11.8 Å². The SMILES string of the molecule is COC(F)(F)[C@@H](NC(=O)[C@H](CC(C)C)NC(=O)[C@H](COC(F)F)NC(=O)CN1CCOCC1)C(=O)N[C@@H](Cc1ccccc1)C(=O)[C@@]1(C)CO1. The maximum atomic E-state index is 15.1. The molecule has 2 fully saturated rings. The van der Waals surface area contributed by atoms with Crippen molar-refractivity contribution >= 4 is 29.4 Å². The monoisotopic (exact) mass is 719 g/mol. The number of methoxy groups -OCH3 is 1. The molecule has 1 aromatic rings. The van der Waals surface area contributed by atoms with Crippen molar-refractivity contribution in [2.75, 3.05) is 53.2 Å². The summed E-state index contributed by atoms with van der Waals surface area (Å²) in [6.45, 7) is 2.00. The fourth-order valence-electron chi connectivity index (χ4n) is 5.13. The minimum Gasteiger partial charge on any atom is -0.379 e. The lowest BCUT2D eigenvalue weighted by atomic mass is 9.94. The average molecular weight is 720 g/mol. The van der Waals surface area contributed by atoms with E-state index in [0.717, 1.165) is 0 Å². The lowest BCUT2D eigenvalue weighted by molar-refractivity contribution is -0.238. The molecule has 4 N–H and O–H groups in total. The predicted octanol–water partition coefficient (Wildman–Crippen LogP) is 0.383. The molecular formula is C32H45F4N5O9. The van der Waals surface area contributed by atoms with Gasteiger partial charge in [-0.05, 0) is 31.2 Å². The summed E-state index contributed by atoms with van der Waals surface area (Å²) in [6, 6.07) is 1.17. The van der Waals surface area contributed by atoms with E-state index < -0.39 is 78.5 Å². The minimum atomic E-state index is -4.30. The van der Waals surface area contributed by atoms with E-state index in [0.29, 0.717) is 39.0 Å². The van der Waals surface area contributed by atoms with E-state index in [1.165, 1.54) is 6.92 Å². The molecule has 5 atom stereocenters. The number of carbonyl (C=O) groups is 5. The van der Waals surface area contributed by atoms with Crippen molar-refractivity contribution in [2.24, 2.45) is 5.92 Å². The van der Waals surface area contributed by atoms with E-state index >= 15 is 8.78 Å². The van der Waals surface area contributed by atoms with Gasteiger partial charge >= 0.3 is 12.7 Å². The molecule has 0 radical (unpaired) electrons. The third-order valence-electron chi connectivity index (χ3n) is 8.02. The van der Waals surface area contributed by atoms with Gasteiger partial charge in [0.2, 0.25) is 17.7 Å². The molecule has 0 unspecified atom stereocenters. The molecule has 280 valence electrons. The second kappa shape index (κ2) is 18.5. The van der Waals surface area contributed by atoms with E-state index in [4.69, 9.17) is 9.47 Å². The Morgan fingerprint density at radius 3 is 2.08 bits per heavy atom. The number of hydrogen-bond donors (Lipinski definition) is 4. The third-order valence-corrected chi connectivity index (χ3v) is 8.02. The van der Waals surface area contributed by atoms with Crippen molar-refractivity contribution in [3.8, 4) is 0 Å². The average Bonchev–Trinajstić information content (AvgIpc) is 3.82. The van der Waals surface area contributed by atoms with Gasteiger partial charge in [0.1, 0.15) is 17.7 Å². The fourth-order valence-corrected chi connectivity index (χ4v) is 5.13. The number of benzene rings is 1. The number of ketones is 1. The van der Waals surface area contributed by atoms with Crippen molar-refractivity contribution in [1.29, 1.82) is 0 Å². The summed E-state index contributed by atoms with van der Waals surface area (Å²) >= 11 is 0. The number of halogens is 4. The zero-order valence-corrected chi connectivity index (χ0v) is 28.3. The Balaban J connectivity index is 1.79. The van der Waals surface area contributed by atoms with Crippen LogP contribution in [0.2, 0.25) is 0 Å². The van der Waals surface area contributed by atoms with E-state index in [-0.39, 0.29) is 31.9 Å². The van der Waals surface area contributed by atoms with E-state index in [2.05, 4.69) is 25.4 Å². The Hall–Kier alpha value is -3.71. The molecule has 1 aromatic carbocycles. The lowest BCUT2D eigenvalue weighted by Crippen LogP contribution is -2.63. The summed E-state index contributed by atoms with van der Waals surface area (Å²) in [4.78, 5) is 67.9. The molecule has 2 saturated heterocycles. The molecule has 2 aliphatic heterocycles. The number of Topliss-reactive ketones (excluding diaryl/α,β-unsaturated/α-hetero) is 1. The van der Waals surface area contributed by atoms with E-state index in [9.17, 15) is 32.8 Å². The van der Waals surface area contributed by atoms with Crippen LogP contribution in [0.1, 0.15) is 32.8 Å². The molecule has 0 bridgehead atoms. The smallest absolute Gasteiger partial charge is 0.379 e. The highest BCUT2D eigenvalue weighted by atomic mass is 19.3. The van der Waals surface area contributed by atoms with Crippen molar-refractivity contribution in [3.05, 3.63) is 35.9 Å². The number of hydrogen-bond acceptors (Lipinski definition) is 10. The lowest BCUT2D eigenvalue weighted by Gasteiger charge is -2.30. The van der Waals surface area contributed by atoms with Crippen LogP contribution in [-0.4, -0.2) is 130 Å². The Kier molecular flexibility index (Phi) is 15.1. The van der Waals surface area contributed by atoms with Crippen LogP contribution in [0, 0.1) is 5.92 Å². The Bertz CT molecular complexity index is 1310. The van der Waals surface area contributed by atoms with Crippen molar-refractivity contribution in [1.82, 2.24) is 26.2 Å². The third kappa shape index (κ3) is 12.6. The standard InChI is InChI=1S/C32H45F4N5O9/c1-19(2)14-22(39-28(45)23(17-49-30(33)34)37-24(42)16-41-10-12-48-13-11-41)27(44)40-25(32(35,36)47-4)29(46)38-21(26(43)31(3)18-50-31)15-20-8-6-5-7-9-20/h5-9,19,21-23,25,30H,10-18H2,1-4H3,(H,37,42)(H,38,46)(H,39,45)(H,40,44)/t21-,22-,23-,25-,31+/m0/s1. The van der Waals surface area contributed by atoms with Crippen LogP contribution in [0.5, 0.6) is 0 Å². The number of alkyl halides is 4. The van der Waals surface area contributed by atoms with Crippen LogP contribution in [0.3, 0.4) is 0 Å². The van der Waals surface area contributed by atoms with Gasteiger partial charge < -0.3 is 40.2 Å². The summed E-state index contributed by atoms with van der Waals surface area (Å²) in [5.74, 6) is -5.43. The van der Waals surface area contributed by atoms with Crippen LogP contribution < -0.4 is 21.3 Å². The van der Waals surface area contributed by atoms with Crippen molar-refractivity contribution < 1.29 is 60.5 Å². The normalized spacial score (nSPS) is 20.4. The molecule has 0 aliphatic carbocycles. The van der Waals surface area contributed by atoms with Crippen LogP contribution >= 0.6 is 0 Å². The molecule has 3 rings (SSSR count). The molecule has 0 aromatic heterocycles. The van der Waals surface area contributed by atoms with Gasteiger partial charge in [-0.3, -0.25) is 28.9 Å². The molecule has 14 nitrogen and oxygen atoms in total. The number of amides is 4. The Labute approximate surface area is 287 Å². The number of nitrogens with zero attached hydrogens (tertiary/aromatic N) is 1. The molecule has 2 heterocycles. The number of rotatable bonds is 20. The van der Waals surface area contributed by atoms with Gasteiger partial charge in [0.05, 0.1) is 39.0 Å². The van der Waals surface area contributed by atoms with Crippen LogP contribution in [0.15, 0.2) is 30.3 Å². The van der Waals surface area contributed by atoms with Crippen molar-refractivity contribution in [2.45, 2.75) is 76.1 Å². The second-order valence-corrected chi connectivity index (χ2v) is 12.6. The summed E-state index contributed by atoms with van der Waals surface area (Å²) < 4.78 is 75.1. The van der Waals surface area contributed by atoms with Gasteiger partial charge in [-0.25, -0.2) is 0 Å². The maximum Gasteiger partial charge on any atom is 0.384 e. The molecule has 50 heavy (non-hydrogen) atoms. The molecule has 0 saturated carbocycles. The highest BCUT2D eigenvalue weighted by Gasteiger charge is 2.52. The molecule has 4 amide bonds. The fraction of sp³-hybridized carbons (Fsp3) is 0.656. The topological polar surface area (TPSA) is 177 Å². The quantitative estimate of drug-likeness (QED) is 0.109. The second-order valence-electron chi connectivity index (χ2n) is 12.6. The largest absolute Gasteiger partial charge is 0.384 e. The summed E-state index contributed by atoms with van der Waals surface area (Å²) in [5.41, 5.74) is -0.624. The van der Waals surface area contributed by atoms with Crippen LogP contribution in [0.25, 0.3) is 0 Å². The van der Waals surface area contributed by atoms with Crippen LogP contribution in [-0.2, 0) is 49.3 Å². The molecule has 0 spiro atoms. The highest BCUT2D eigenvalue weighted by molar-refractivity contribution is 5.99. The first-order valence-corrected chi connectivity index (χ1v) is 16.1. The summed E-state index contributed by atoms with van der Waals surface area (Å²) in [5, 5.41) is 8.84. The Morgan fingerprint density at radius 1 is 0.920 bits per heavy atom. The highest BCUT2D eigenvalue weighted by Crippen LogP contribution is 2.29. The van der Waals surface area contributed by atoms with Gasteiger partial charge in [-0.15, -0.1) is 0 Å². The number of morpholine rings is 1. The predicted molar refractivity (Wildman–Crippen MR) is 168 cm³/mol. The van der Waals surface area contributed by atoms with E-state index in [1.807, 2.05) is 5.32 Å². The van der Waals surface area contributed by atoms with Gasteiger partial charge in [-0.2, -0.15) is 17.6 Å². The van der Waals surface area contributed by atoms with Crippen molar-refractivity contribution in [3.63, 3.8) is 0 Å². The summed E-state index contributed by atoms with van der Waals surface area (Å²) in [7, 11) is 0.610. The number of nitrogens with one attached hydrogen (secondary N) is 4. The van der Waals surface area contributed by atoms with Gasteiger partial charge in [-0.1, -0.05) is 44.2 Å². The number of ether oxygens (including phenoxy) is 4. The number of epoxide rings is 1. The molecular weight excluding hydrogens is 674 g/mol. The minimum absolute atomic E-state index is 0.0645. The first-order chi connectivity index (χ1) is 23.5. The zero-order valence-electron chi connectivity index (χ0n) is 28.3. The number of carbonyl (C=O) groups excluding carboxylic acids is 5. The van der Waals surface area contributed by atoms with E-state index in [1.54, 1.807) is 49.1 Å². The molecule has 18 heteroatoms. The first kappa shape index (κ1) is 40.7. The maximum absolute atomic E-state index is 15.1. The van der Waals surface area contributed by atoms with Gasteiger partial charge in [0, 0.05) is 20.2 Å². The first-order valence-electron chi connectivity index (χ1n) is 16.1.